The summed E-state index contributed by atoms with van der Waals surface area (Å²) in [6.45, 7) is 2.59. The summed E-state index contributed by atoms with van der Waals surface area (Å²) in [6.07, 6.45) is 4.05. The summed E-state index contributed by atoms with van der Waals surface area (Å²) in [6, 6.07) is 14.0. The minimum atomic E-state index is 0.228. The molecule has 2 aromatic rings. The summed E-state index contributed by atoms with van der Waals surface area (Å²) in [4.78, 5) is 11.2. The molecule has 2 aromatic carbocycles. The highest BCUT2D eigenvalue weighted by molar-refractivity contribution is 6.20. The maximum atomic E-state index is 11.2. The van der Waals surface area contributed by atoms with Crippen LogP contribution < -0.4 is 21.4 Å². The third-order valence-corrected chi connectivity index (χ3v) is 4.43. The number of aldehydes is 1. The Morgan fingerprint density at radius 3 is 2.58 bits per heavy atom. The number of hydrazone groups is 1. The number of benzene rings is 2. The van der Waals surface area contributed by atoms with Gasteiger partial charge in [0, 0.05) is 6.07 Å². The second-order valence-corrected chi connectivity index (χ2v) is 6.05. The average molecular weight is 350 g/mol. The molecule has 0 bridgehead atoms. The van der Waals surface area contributed by atoms with Crippen molar-refractivity contribution in [2.45, 2.75) is 26.4 Å². The number of ether oxygens (including phenoxy) is 1. The first-order valence-electron chi connectivity index (χ1n) is 8.48. The molecule has 0 saturated heterocycles. The van der Waals surface area contributed by atoms with Crippen LogP contribution in [-0.4, -0.2) is 12.1 Å². The molecule has 3 rings (SSSR count). The number of fused-ring (bicyclic) bond motifs is 1. The fourth-order valence-electron chi connectivity index (χ4n) is 2.87. The molecular weight excluding hydrogens is 328 g/mol. The molecule has 4 N–H and O–H groups in total. The first kappa shape index (κ1) is 17.7. The van der Waals surface area contributed by atoms with E-state index in [-0.39, 0.29) is 5.84 Å². The van der Waals surface area contributed by atoms with Gasteiger partial charge in [-0.05, 0) is 35.6 Å². The zero-order valence-corrected chi connectivity index (χ0v) is 14.7. The van der Waals surface area contributed by atoms with Crippen LogP contribution in [-0.2, 0) is 24.2 Å². The van der Waals surface area contributed by atoms with Crippen LogP contribution in [0.5, 0.6) is 5.75 Å². The fraction of sp³-hybridized carbons (Fsp3) is 0.200. The SMILES string of the molecule is CCc1ccc(COc2ccc3c(c2)N(N)/C(=N\N)C(C=O)=CC3)cc1. The van der Waals surface area contributed by atoms with Crippen LogP contribution in [0.25, 0.3) is 0 Å². The Kier molecular flexibility index (Phi) is 5.34. The van der Waals surface area contributed by atoms with Gasteiger partial charge < -0.3 is 10.6 Å². The van der Waals surface area contributed by atoms with E-state index >= 15 is 0 Å². The van der Waals surface area contributed by atoms with Gasteiger partial charge in [0.05, 0.1) is 11.3 Å². The van der Waals surface area contributed by atoms with Crippen LogP contribution in [0.3, 0.4) is 0 Å². The molecule has 6 heteroatoms. The number of hydrogen-bond donors (Lipinski definition) is 2. The van der Waals surface area contributed by atoms with Crippen LogP contribution in [0.15, 0.2) is 59.2 Å². The lowest BCUT2D eigenvalue weighted by atomic mass is 10.1. The average Bonchev–Trinajstić information content (AvgIpc) is 2.82. The molecular formula is C20H22N4O2. The van der Waals surface area contributed by atoms with Crippen molar-refractivity contribution < 1.29 is 9.53 Å². The molecule has 0 spiro atoms. The van der Waals surface area contributed by atoms with E-state index in [9.17, 15) is 4.79 Å². The zero-order valence-electron chi connectivity index (χ0n) is 14.7. The maximum absolute atomic E-state index is 11.2. The van der Waals surface area contributed by atoms with Crippen LogP contribution in [0.1, 0.15) is 23.6 Å². The molecule has 0 amide bonds. The van der Waals surface area contributed by atoms with E-state index in [4.69, 9.17) is 16.4 Å². The van der Waals surface area contributed by atoms with E-state index in [0.29, 0.717) is 36.3 Å². The lowest BCUT2D eigenvalue weighted by Gasteiger charge is -2.21. The molecule has 134 valence electrons. The first-order chi connectivity index (χ1) is 12.7. The molecule has 0 radical (unpaired) electrons. The standard InChI is InChI=1S/C20H22N4O2/c1-2-14-3-5-15(6-4-14)13-26-18-10-9-16-7-8-17(12-25)20(23-21)24(22)19(16)11-18/h3-6,8-12H,2,7,13,21-22H2,1H3/b23-20-. The lowest BCUT2D eigenvalue weighted by molar-refractivity contribution is -0.104. The number of amidine groups is 1. The molecule has 0 saturated carbocycles. The highest BCUT2D eigenvalue weighted by atomic mass is 16.5. The van der Waals surface area contributed by atoms with E-state index in [0.717, 1.165) is 17.5 Å². The Balaban J connectivity index is 1.80. The van der Waals surface area contributed by atoms with Gasteiger partial charge in [0.15, 0.2) is 12.1 Å². The van der Waals surface area contributed by atoms with E-state index in [1.54, 1.807) is 6.08 Å². The van der Waals surface area contributed by atoms with E-state index in [2.05, 4.69) is 36.3 Å². The number of aryl methyl sites for hydroxylation is 1. The summed E-state index contributed by atoms with van der Waals surface area (Å²) < 4.78 is 5.90. The van der Waals surface area contributed by atoms with Gasteiger partial charge in [-0.3, -0.25) is 9.80 Å². The highest BCUT2D eigenvalue weighted by Gasteiger charge is 2.21. The third-order valence-electron chi connectivity index (χ3n) is 4.43. The molecule has 0 fully saturated rings. The van der Waals surface area contributed by atoms with Crippen molar-refractivity contribution in [3.05, 3.63) is 70.8 Å². The molecule has 0 aromatic heterocycles. The molecule has 0 unspecified atom stereocenters. The predicted octanol–water partition coefficient (Wildman–Crippen LogP) is 2.46. The summed E-state index contributed by atoms with van der Waals surface area (Å²) in [5.41, 5.74) is 4.43. The predicted molar refractivity (Wildman–Crippen MR) is 103 cm³/mol. The van der Waals surface area contributed by atoms with Gasteiger partial charge in [0.2, 0.25) is 0 Å². The maximum Gasteiger partial charge on any atom is 0.177 e. The topological polar surface area (TPSA) is 93.9 Å². The van der Waals surface area contributed by atoms with Crippen LogP contribution in [0, 0.1) is 0 Å². The minimum Gasteiger partial charge on any atom is -0.489 e. The Bertz CT molecular complexity index is 857. The normalized spacial score (nSPS) is 15.2. The van der Waals surface area contributed by atoms with Gasteiger partial charge in [0.25, 0.3) is 0 Å². The molecule has 0 aliphatic carbocycles. The van der Waals surface area contributed by atoms with Crippen molar-refractivity contribution in [1.29, 1.82) is 0 Å². The van der Waals surface area contributed by atoms with Gasteiger partial charge in [-0.25, -0.2) is 5.84 Å². The second kappa shape index (κ2) is 7.84. The Labute approximate surface area is 152 Å². The number of hydrazine groups is 1. The number of carbonyl (C=O) groups excluding carboxylic acids is 1. The molecule has 1 heterocycles. The molecule has 26 heavy (non-hydrogen) atoms. The van der Waals surface area contributed by atoms with Gasteiger partial charge in [-0.1, -0.05) is 43.3 Å². The fourth-order valence-corrected chi connectivity index (χ4v) is 2.87. The number of rotatable bonds is 5. The number of nitrogens with two attached hydrogens (primary N) is 2. The van der Waals surface area contributed by atoms with E-state index in [1.807, 2.05) is 18.2 Å². The van der Waals surface area contributed by atoms with Crippen LogP contribution in [0.2, 0.25) is 0 Å². The van der Waals surface area contributed by atoms with Crippen molar-refractivity contribution in [1.82, 2.24) is 0 Å². The van der Waals surface area contributed by atoms with Gasteiger partial charge in [-0.15, -0.1) is 0 Å². The van der Waals surface area contributed by atoms with Crippen molar-refractivity contribution >= 4 is 17.8 Å². The number of hydrogen-bond acceptors (Lipinski definition) is 5. The van der Waals surface area contributed by atoms with Crippen molar-refractivity contribution in [2.24, 2.45) is 16.8 Å². The molecule has 0 atom stereocenters. The number of nitrogens with zero attached hydrogens (tertiary/aromatic N) is 2. The minimum absolute atomic E-state index is 0.228. The molecule has 6 nitrogen and oxygen atoms in total. The lowest BCUT2D eigenvalue weighted by Crippen LogP contribution is -2.39. The highest BCUT2D eigenvalue weighted by Crippen LogP contribution is 2.29. The summed E-state index contributed by atoms with van der Waals surface area (Å²) in [5, 5.41) is 4.98. The summed E-state index contributed by atoms with van der Waals surface area (Å²) in [5.74, 6) is 12.5. The first-order valence-corrected chi connectivity index (χ1v) is 8.48. The van der Waals surface area contributed by atoms with Gasteiger partial charge in [0.1, 0.15) is 12.4 Å². The number of allylic oxidation sites excluding steroid dienone is 1. The van der Waals surface area contributed by atoms with Crippen LogP contribution in [0.4, 0.5) is 5.69 Å². The monoisotopic (exact) mass is 350 g/mol. The number of carbonyl (C=O) groups is 1. The molecule has 1 aliphatic heterocycles. The largest absolute Gasteiger partial charge is 0.489 e. The van der Waals surface area contributed by atoms with Crippen molar-refractivity contribution in [3.8, 4) is 5.75 Å². The summed E-state index contributed by atoms with van der Waals surface area (Å²) in [7, 11) is 0. The quantitative estimate of drug-likeness (QED) is 0.491. The Morgan fingerprint density at radius 1 is 1.19 bits per heavy atom. The van der Waals surface area contributed by atoms with Gasteiger partial charge >= 0.3 is 0 Å². The Hall–Kier alpha value is -3.12. The van der Waals surface area contributed by atoms with Crippen molar-refractivity contribution in [3.63, 3.8) is 0 Å². The smallest absolute Gasteiger partial charge is 0.177 e. The van der Waals surface area contributed by atoms with Crippen molar-refractivity contribution in [2.75, 3.05) is 5.01 Å². The van der Waals surface area contributed by atoms with E-state index < -0.39 is 0 Å². The van der Waals surface area contributed by atoms with Crippen LogP contribution >= 0.6 is 0 Å². The van der Waals surface area contributed by atoms with E-state index in [1.165, 1.54) is 10.6 Å². The summed E-state index contributed by atoms with van der Waals surface area (Å²) >= 11 is 0. The second-order valence-electron chi connectivity index (χ2n) is 6.05. The third kappa shape index (κ3) is 3.60. The molecule has 1 aliphatic rings. The number of anilines is 1. The Morgan fingerprint density at radius 2 is 1.92 bits per heavy atom. The zero-order chi connectivity index (χ0) is 18.5. The van der Waals surface area contributed by atoms with Gasteiger partial charge in [-0.2, -0.15) is 5.10 Å².